The molecule has 0 fully saturated rings. The van der Waals surface area contributed by atoms with Crippen LogP contribution in [0.15, 0.2) is 41.4 Å². The summed E-state index contributed by atoms with van der Waals surface area (Å²) in [6.07, 6.45) is 2.91. The van der Waals surface area contributed by atoms with Gasteiger partial charge in [-0.2, -0.15) is 10.6 Å². The molecule has 0 spiro atoms. The highest BCUT2D eigenvalue weighted by Gasteiger charge is 2.09. The quantitative estimate of drug-likeness (QED) is 0.759. The molecule has 0 aliphatic heterocycles. The maximum atomic E-state index is 9.45. The topological polar surface area (TPSA) is 53.4 Å². The van der Waals surface area contributed by atoms with E-state index in [-0.39, 0.29) is 0 Å². The zero-order chi connectivity index (χ0) is 10.2. The van der Waals surface area contributed by atoms with Crippen LogP contribution in [0.2, 0.25) is 0 Å². The zero-order valence-electron chi connectivity index (χ0n) is 7.71. The first kappa shape index (κ1) is 9.45. The Kier molecular flexibility index (Phi) is 2.19. The monoisotopic (exact) mass is 209 g/mol. The molecule has 0 bridgehead atoms. The molecule has 0 saturated heterocycles. The van der Waals surface area contributed by atoms with Crippen molar-refractivity contribution in [2.24, 2.45) is 0 Å². The molecule has 14 heavy (non-hydrogen) atoms. The summed E-state index contributed by atoms with van der Waals surface area (Å²) in [5.41, 5.74) is 0.861. The third kappa shape index (κ3) is 1.72. The summed E-state index contributed by atoms with van der Waals surface area (Å²) < 4.78 is 18.9. The molecule has 1 aromatic carbocycles. The van der Waals surface area contributed by atoms with Gasteiger partial charge in [0.2, 0.25) is 0 Å². The fraction of sp³-hybridized carbons (Fsp3) is 0.100. The number of para-hydroxylation sites is 1. The molecule has 0 atom stereocenters. The Labute approximate surface area is 83.8 Å². The minimum absolute atomic E-state index is 0.483. The van der Waals surface area contributed by atoms with Crippen LogP contribution in [-0.2, 0) is 0 Å². The first-order chi connectivity index (χ1) is 6.57. The third-order valence-corrected chi connectivity index (χ3v) is 3.13. The van der Waals surface area contributed by atoms with Crippen molar-refractivity contribution in [2.45, 2.75) is 4.90 Å². The second-order valence-corrected chi connectivity index (χ2v) is 5.34. The van der Waals surface area contributed by atoms with E-state index in [2.05, 4.69) is 4.98 Å². The van der Waals surface area contributed by atoms with Crippen LogP contribution in [0.5, 0.6) is 0 Å². The molecule has 3 nitrogen and oxygen atoms in total. The molecule has 2 rings (SSSR count). The van der Waals surface area contributed by atoms with Gasteiger partial charge < -0.3 is 0 Å². The maximum Gasteiger partial charge on any atom is 0.0770 e. The van der Waals surface area contributed by atoms with E-state index < -0.39 is 10.6 Å². The van der Waals surface area contributed by atoms with Crippen LogP contribution in [0.1, 0.15) is 0 Å². The standard InChI is InChI=1S/C10H11NO2S/c1-14(12,13)9-6-8-4-2-3-5-10(8)11-7-9/h2-7,12-13H,1H3. The molecule has 0 saturated carbocycles. The minimum Gasteiger partial charge on any atom is -0.295 e. The van der Waals surface area contributed by atoms with Gasteiger partial charge in [0.1, 0.15) is 0 Å². The van der Waals surface area contributed by atoms with Crippen LogP contribution in [0.3, 0.4) is 0 Å². The molecule has 74 valence electrons. The van der Waals surface area contributed by atoms with Gasteiger partial charge in [0.05, 0.1) is 16.6 Å². The molecule has 2 aromatic rings. The van der Waals surface area contributed by atoms with Gasteiger partial charge in [-0.3, -0.25) is 14.1 Å². The maximum absolute atomic E-state index is 9.45. The molecule has 0 aliphatic carbocycles. The minimum atomic E-state index is -2.66. The van der Waals surface area contributed by atoms with Gasteiger partial charge in [0, 0.05) is 11.6 Å². The largest absolute Gasteiger partial charge is 0.295 e. The van der Waals surface area contributed by atoms with Gasteiger partial charge in [-0.1, -0.05) is 18.2 Å². The van der Waals surface area contributed by atoms with Crippen LogP contribution in [0.4, 0.5) is 0 Å². The van der Waals surface area contributed by atoms with E-state index in [0.29, 0.717) is 4.90 Å². The molecule has 2 N–H and O–H groups in total. The molecular weight excluding hydrogens is 198 g/mol. The lowest BCUT2D eigenvalue weighted by molar-refractivity contribution is 0.495. The van der Waals surface area contributed by atoms with E-state index in [0.717, 1.165) is 10.9 Å². The summed E-state index contributed by atoms with van der Waals surface area (Å²) in [6, 6.07) is 9.35. The lowest BCUT2D eigenvalue weighted by Gasteiger charge is -2.26. The normalized spacial score (nSPS) is 13.1. The van der Waals surface area contributed by atoms with E-state index >= 15 is 0 Å². The van der Waals surface area contributed by atoms with E-state index in [9.17, 15) is 9.11 Å². The van der Waals surface area contributed by atoms with Gasteiger partial charge in [-0.05, 0) is 12.1 Å². The Hall–Kier alpha value is -1.10. The van der Waals surface area contributed by atoms with Crippen LogP contribution in [0, 0.1) is 0 Å². The number of pyridine rings is 1. The van der Waals surface area contributed by atoms with Crippen molar-refractivity contribution < 1.29 is 9.11 Å². The fourth-order valence-corrected chi connectivity index (χ4v) is 1.86. The molecule has 1 heterocycles. The highest BCUT2D eigenvalue weighted by atomic mass is 32.3. The second-order valence-electron chi connectivity index (χ2n) is 3.20. The Morgan fingerprint density at radius 3 is 2.64 bits per heavy atom. The van der Waals surface area contributed by atoms with Crippen LogP contribution in [-0.4, -0.2) is 20.3 Å². The van der Waals surface area contributed by atoms with Gasteiger partial charge in [0.25, 0.3) is 0 Å². The Morgan fingerprint density at radius 1 is 1.21 bits per heavy atom. The Bertz CT molecular complexity index is 465. The van der Waals surface area contributed by atoms with Gasteiger partial charge in [-0.15, -0.1) is 0 Å². The summed E-state index contributed by atoms with van der Waals surface area (Å²) in [7, 11) is -2.66. The van der Waals surface area contributed by atoms with Gasteiger partial charge in [-0.25, -0.2) is 0 Å². The first-order valence-corrected chi connectivity index (χ1v) is 6.11. The Morgan fingerprint density at radius 2 is 1.93 bits per heavy atom. The van der Waals surface area contributed by atoms with Crippen molar-refractivity contribution in [3.63, 3.8) is 0 Å². The molecule has 0 radical (unpaired) electrons. The van der Waals surface area contributed by atoms with Gasteiger partial charge in [0.15, 0.2) is 0 Å². The average Bonchev–Trinajstić information content (AvgIpc) is 2.16. The number of nitrogens with zero attached hydrogens (tertiary/aromatic N) is 1. The van der Waals surface area contributed by atoms with Crippen LogP contribution < -0.4 is 0 Å². The SMILES string of the molecule is CS(O)(O)c1cnc2ccccc2c1. The summed E-state index contributed by atoms with van der Waals surface area (Å²) in [5, 5.41) is 0.923. The van der Waals surface area contributed by atoms with Crippen molar-refractivity contribution >= 4 is 21.5 Å². The van der Waals surface area contributed by atoms with E-state index in [1.165, 1.54) is 12.5 Å². The molecule has 4 heteroatoms. The number of aromatic nitrogens is 1. The molecule has 1 aromatic heterocycles. The van der Waals surface area contributed by atoms with Crippen molar-refractivity contribution in [3.8, 4) is 0 Å². The highest BCUT2D eigenvalue weighted by Crippen LogP contribution is 2.44. The molecule has 0 amide bonds. The summed E-state index contributed by atoms with van der Waals surface area (Å²) in [4.78, 5) is 4.63. The number of rotatable bonds is 1. The molecule has 0 aliphatic rings. The molecule has 0 unspecified atom stereocenters. The predicted molar refractivity (Wildman–Crippen MR) is 58.8 cm³/mol. The first-order valence-electron chi connectivity index (χ1n) is 4.15. The Balaban J connectivity index is 2.63. The van der Waals surface area contributed by atoms with Crippen molar-refractivity contribution in [1.29, 1.82) is 0 Å². The van der Waals surface area contributed by atoms with Crippen molar-refractivity contribution in [2.75, 3.05) is 6.26 Å². The van der Waals surface area contributed by atoms with Crippen molar-refractivity contribution in [1.82, 2.24) is 4.98 Å². The number of hydrogen-bond acceptors (Lipinski definition) is 3. The lowest BCUT2D eigenvalue weighted by Crippen LogP contribution is -1.95. The van der Waals surface area contributed by atoms with Crippen LogP contribution >= 0.6 is 10.6 Å². The van der Waals surface area contributed by atoms with E-state index in [4.69, 9.17) is 0 Å². The summed E-state index contributed by atoms with van der Waals surface area (Å²) >= 11 is 0. The van der Waals surface area contributed by atoms with Gasteiger partial charge >= 0.3 is 0 Å². The van der Waals surface area contributed by atoms with E-state index in [1.54, 1.807) is 6.07 Å². The van der Waals surface area contributed by atoms with Crippen LogP contribution in [0.25, 0.3) is 10.9 Å². The number of hydrogen-bond donors (Lipinski definition) is 2. The highest BCUT2D eigenvalue weighted by molar-refractivity contribution is 8.23. The third-order valence-electron chi connectivity index (χ3n) is 2.01. The summed E-state index contributed by atoms with van der Waals surface area (Å²) in [5.74, 6) is 0. The zero-order valence-corrected chi connectivity index (χ0v) is 8.53. The van der Waals surface area contributed by atoms with E-state index in [1.807, 2.05) is 24.3 Å². The summed E-state index contributed by atoms with van der Waals surface area (Å²) in [6.45, 7) is 0. The smallest absolute Gasteiger partial charge is 0.0770 e. The predicted octanol–water partition coefficient (Wildman–Crippen LogP) is 2.97. The fourth-order valence-electron chi connectivity index (χ4n) is 1.26. The lowest BCUT2D eigenvalue weighted by atomic mass is 10.2. The second kappa shape index (κ2) is 3.24. The number of benzene rings is 1. The number of fused-ring (bicyclic) bond motifs is 1. The van der Waals surface area contributed by atoms with Crippen molar-refractivity contribution in [3.05, 3.63) is 36.5 Å². The molecular formula is C10H11NO2S. The average molecular weight is 209 g/mol.